The standard InChI is InChI=1S/C26H18Br2F4N4O2S/c27-20-8-15(9-21(28)24(20)38-13-16-4-1-2-7-22(16)29)12-33-36-23(37)11-19-14-39-25(35-19)34-18-6-3-5-17(10-18)26(30,31)32/h1-10,12,14H,11,13H2,(H,34,35)(H,36,37)/b33-12-. The zero-order valence-electron chi connectivity index (χ0n) is 19.7. The van der Waals surface area contributed by atoms with E-state index in [0.717, 1.165) is 23.5 Å². The van der Waals surface area contributed by atoms with Crippen LogP contribution in [0.5, 0.6) is 5.75 Å². The molecule has 1 amide bonds. The number of carbonyl (C=O) groups excluding carboxylic acids is 1. The van der Waals surface area contributed by atoms with Crippen LogP contribution in [0.4, 0.5) is 28.4 Å². The van der Waals surface area contributed by atoms with Crippen molar-refractivity contribution in [3.63, 3.8) is 0 Å². The van der Waals surface area contributed by atoms with Gasteiger partial charge in [-0.05, 0) is 73.8 Å². The van der Waals surface area contributed by atoms with Gasteiger partial charge in [0.25, 0.3) is 0 Å². The lowest BCUT2D eigenvalue weighted by Crippen LogP contribution is -2.19. The quantitative estimate of drug-likeness (QED) is 0.107. The molecule has 0 saturated carbocycles. The molecular weight excluding hydrogens is 668 g/mol. The van der Waals surface area contributed by atoms with E-state index in [-0.39, 0.29) is 24.5 Å². The number of halogens is 6. The van der Waals surface area contributed by atoms with Crippen molar-refractivity contribution < 1.29 is 27.1 Å². The summed E-state index contributed by atoms with van der Waals surface area (Å²) in [5.41, 5.74) is 3.38. The molecule has 1 heterocycles. The van der Waals surface area contributed by atoms with E-state index in [1.54, 1.807) is 35.7 Å². The number of hydrogen-bond donors (Lipinski definition) is 2. The zero-order valence-corrected chi connectivity index (χ0v) is 23.7. The molecule has 13 heteroatoms. The van der Waals surface area contributed by atoms with E-state index in [2.05, 4.69) is 52.7 Å². The van der Waals surface area contributed by atoms with Gasteiger partial charge in [0.15, 0.2) is 5.13 Å². The Bertz CT molecular complexity index is 1490. The number of aromatic nitrogens is 1. The Hall–Kier alpha value is -3.29. The lowest BCUT2D eigenvalue weighted by Gasteiger charge is -2.11. The van der Waals surface area contributed by atoms with E-state index in [1.165, 1.54) is 24.4 Å². The number of benzene rings is 3. The van der Waals surface area contributed by atoms with Gasteiger partial charge in [0, 0.05) is 16.6 Å². The van der Waals surface area contributed by atoms with Crippen LogP contribution in [0.25, 0.3) is 0 Å². The predicted molar refractivity (Wildman–Crippen MR) is 149 cm³/mol. The fourth-order valence-corrected chi connectivity index (χ4v) is 5.46. The van der Waals surface area contributed by atoms with Gasteiger partial charge in [-0.3, -0.25) is 4.79 Å². The first-order chi connectivity index (χ1) is 18.6. The third kappa shape index (κ3) is 8.10. The summed E-state index contributed by atoms with van der Waals surface area (Å²) in [4.78, 5) is 16.5. The number of nitrogens with zero attached hydrogens (tertiary/aromatic N) is 2. The van der Waals surface area contributed by atoms with Crippen molar-refractivity contribution >= 4 is 66.1 Å². The van der Waals surface area contributed by atoms with Crippen molar-refractivity contribution in [2.75, 3.05) is 5.32 Å². The van der Waals surface area contributed by atoms with E-state index in [4.69, 9.17) is 4.74 Å². The smallest absolute Gasteiger partial charge is 0.416 e. The molecule has 0 atom stereocenters. The number of rotatable bonds is 9. The van der Waals surface area contributed by atoms with Crippen molar-refractivity contribution in [1.29, 1.82) is 0 Å². The van der Waals surface area contributed by atoms with Crippen molar-refractivity contribution in [3.05, 3.63) is 103 Å². The maximum Gasteiger partial charge on any atom is 0.416 e. The summed E-state index contributed by atoms with van der Waals surface area (Å²) in [5.74, 6) is -0.298. The summed E-state index contributed by atoms with van der Waals surface area (Å²) in [6.07, 6.45) is -3.08. The molecule has 3 aromatic carbocycles. The van der Waals surface area contributed by atoms with E-state index in [1.807, 2.05) is 0 Å². The minimum absolute atomic E-state index is 0.0428. The van der Waals surface area contributed by atoms with Gasteiger partial charge in [-0.15, -0.1) is 11.3 Å². The van der Waals surface area contributed by atoms with Crippen LogP contribution in [0.3, 0.4) is 0 Å². The lowest BCUT2D eigenvalue weighted by molar-refractivity contribution is -0.137. The van der Waals surface area contributed by atoms with E-state index < -0.39 is 17.6 Å². The van der Waals surface area contributed by atoms with Gasteiger partial charge in [-0.1, -0.05) is 24.3 Å². The number of amides is 1. The third-order valence-corrected chi connectivity index (χ3v) is 7.07. The lowest BCUT2D eigenvalue weighted by atomic mass is 10.2. The second kappa shape index (κ2) is 12.7. The minimum Gasteiger partial charge on any atom is -0.486 e. The molecule has 0 bridgehead atoms. The second-order valence-corrected chi connectivity index (χ2v) is 10.6. The van der Waals surface area contributed by atoms with Gasteiger partial charge in [-0.25, -0.2) is 14.8 Å². The maximum absolute atomic E-state index is 13.8. The summed E-state index contributed by atoms with van der Waals surface area (Å²) in [6, 6.07) is 14.6. The van der Waals surface area contributed by atoms with Crippen LogP contribution in [0.15, 0.2) is 80.1 Å². The fourth-order valence-electron chi connectivity index (χ4n) is 3.28. The molecule has 1 aromatic heterocycles. The molecule has 0 unspecified atom stereocenters. The van der Waals surface area contributed by atoms with Crippen molar-refractivity contribution in [2.45, 2.75) is 19.2 Å². The highest BCUT2D eigenvalue weighted by molar-refractivity contribution is 9.11. The van der Waals surface area contributed by atoms with E-state index >= 15 is 0 Å². The van der Waals surface area contributed by atoms with Crippen LogP contribution in [0.1, 0.15) is 22.4 Å². The number of alkyl halides is 3. The maximum atomic E-state index is 13.8. The summed E-state index contributed by atoms with van der Waals surface area (Å²) in [5, 5.41) is 8.76. The fraction of sp³-hybridized carbons (Fsp3) is 0.115. The van der Waals surface area contributed by atoms with Crippen LogP contribution in [-0.2, 0) is 24.0 Å². The largest absolute Gasteiger partial charge is 0.486 e. The van der Waals surface area contributed by atoms with Gasteiger partial charge >= 0.3 is 6.18 Å². The van der Waals surface area contributed by atoms with E-state index in [0.29, 0.717) is 36.6 Å². The highest BCUT2D eigenvalue weighted by Gasteiger charge is 2.30. The first kappa shape index (κ1) is 28.7. The molecule has 0 fully saturated rings. The molecule has 2 N–H and O–H groups in total. The molecule has 39 heavy (non-hydrogen) atoms. The Morgan fingerprint density at radius 3 is 2.54 bits per heavy atom. The summed E-state index contributed by atoms with van der Waals surface area (Å²) in [6.45, 7) is 0.0428. The molecule has 0 aliphatic rings. The SMILES string of the molecule is O=C(Cc1csc(Nc2cccc(C(F)(F)F)c2)n1)N/N=C\c1cc(Br)c(OCc2ccccc2F)c(Br)c1. The average Bonchev–Trinajstić information content (AvgIpc) is 3.30. The Morgan fingerprint density at radius 2 is 1.82 bits per heavy atom. The van der Waals surface area contributed by atoms with Crippen LogP contribution in [-0.4, -0.2) is 17.1 Å². The second-order valence-electron chi connectivity index (χ2n) is 8.01. The third-order valence-electron chi connectivity index (χ3n) is 5.09. The molecule has 4 rings (SSSR count). The Morgan fingerprint density at radius 1 is 1.08 bits per heavy atom. The normalized spacial score (nSPS) is 11.5. The summed E-state index contributed by atoms with van der Waals surface area (Å²) in [7, 11) is 0. The molecule has 0 spiro atoms. The molecular formula is C26H18Br2F4N4O2S. The number of hydrogen-bond acceptors (Lipinski definition) is 6. The summed E-state index contributed by atoms with van der Waals surface area (Å²) >= 11 is 8.02. The molecule has 0 radical (unpaired) electrons. The Kier molecular flexibility index (Phi) is 9.36. The van der Waals surface area contributed by atoms with Crippen molar-refractivity contribution in [1.82, 2.24) is 10.4 Å². The number of carbonyl (C=O) groups is 1. The highest BCUT2D eigenvalue weighted by atomic mass is 79.9. The van der Waals surface area contributed by atoms with Gasteiger partial charge in [-0.2, -0.15) is 18.3 Å². The topological polar surface area (TPSA) is 75.6 Å². The van der Waals surface area contributed by atoms with Gasteiger partial charge in [0.2, 0.25) is 5.91 Å². The Labute approximate surface area is 241 Å². The number of hydrazone groups is 1. The van der Waals surface area contributed by atoms with E-state index in [9.17, 15) is 22.4 Å². The number of anilines is 2. The first-order valence-electron chi connectivity index (χ1n) is 11.1. The number of ether oxygens (including phenoxy) is 1. The van der Waals surface area contributed by atoms with Gasteiger partial charge in [0.05, 0.1) is 32.8 Å². The van der Waals surface area contributed by atoms with Crippen molar-refractivity contribution in [3.8, 4) is 5.75 Å². The molecule has 0 aliphatic carbocycles. The van der Waals surface area contributed by atoms with Crippen LogP contribution >= 0.6 is 43.2 Å². The monoisotopic (exact) mass is 684 g/mol. The van der Waals surface area contributed by atoms with Gasteiger partial charge < -0.3 is 10.1 Å². The molecule has 202 valence electrons. The highest BCUT2D eigenvalue weighted by Crippen LogP contribution is 2.35. The Balaban J connectivity index is 1.30. The van der Waals surface area contributed by atoms with Crippen LogP contribution in [0, 0.1) is 5.82 Å². The molecule has 0 aliphatic heterocycles. The zero-order chi connectivity index (χ0) is 28.0. The summed E-state index contributed by atoms with van der Waals surface area (Å²) < 4.78 is 59.5. The average molecular weight is 686 g/mol. The molecule has 4 aromatic rings. The first-order valence-corrected chi connectivity index (χ1v) is 13.6. The molecule has 6 nitrogen and oxygen atoms in total. The minimum atomic E-state index is -4.45. The van der Waals surface area contributed by atoms with Crippen LogP contribution in [0.2, 0.25) is 0 Å². The van der Waals surface area contributed by atoms with Crippen molar-refractivity contribution in [2.24, 2.45) is 5.10 Å². The predicted octanol–water partition coefficient (Wildman–Crippen LogP) is 7.84. The molecule has 0 saturated heterocycles. The number of nitrogens with one attached hydrogen (secondary N) is 2. The van der Waals surface area contributed by atoms with Gasteiger partial charge in [0.1, 0.15) is 18.2 Å². The number of thiazole rings is 1. The van der Waals surface area contributed by atoms with Crippen LogP contribution < -0.4 is 15.5 Å².